The van der Waals surface area contributed by atoms with Crippen LogP contribution < -0.4 is 9.47 Å². The molecule has 0 bridgehead atoms. The van der Waals surface area contributed by atoms with Crippen LogP contribution in [0, 0.1) is 0 Å². The van der Waals surface area contributed by atoms with Gasteiger partial charge in [-0.25, -0.2) is 9.59 Å². The van der Waals surface area contributed by atoms with Crippen LogP contribution in [0.4, 0.5) is 0 Å². The second kappa shape index (κ2) is 8.39. The third-order valence-electron chi connectivity index (χ3n) is 3.39. The third-order valence-corrected chi connectivity index (χ3v) is 3.67. The number of carbonyl (C=O) groups excluding carboxylic acids is 2. The van der Waals surface area contributed by atoms with Crippen LogP contribution in [0.15, 0.2) is 36.4 Å². The maximum atomic E-state index is 12.2. The van der Waals surface area contributed by atoms with Crippen molar-refractivity contribution in [3.63, 3.8) is 0 Å². The smallest absolute Gasteiger partial charge is 0.338 e. The van der Waals surface area contributed by atoms with E-state index in [9.17, 15) is 9.59 Å². The topological polar surface area (TPSA) is 71.1 Å². The van der Waals surface area contributed by atoms with Gasteiger partial charge in [-0.1, -0.05) is 23.7 Å². The van der Waals surface area contributed by atoms with Crippen LogP contribution in [0.2, 0.25) is 5.02 Å². The van der Waals surface area contributed by atoms with Crippen molar-refractivity contribution < 1.29 is 28.5 Å². The summed E-state index contributed by atoms with van der Waals surface area (Å²) in [6, 6.07) is 9.56. The van der Waals surface area contributed by atoms with Crippen molar-refractivity contribution in [1.29, 1.82) is 0 Å². The van der Waals surface area contributed by atoms with E-state index in [0.29, 0.717) is 22.6 Å². The van der Waals surface area contributed by atoms with E-state index in [1.54, 1.807) is 24.3 Å². The van der Waals surface area contributed by atoms with Crippen LogP contribution >= 0.6 is 11.6 Å². The molecule has 0 aliphatic heterocycles. The fraction of sp³-hybridized carbons (Fsp3) is 0.222. The SMILES string of the molecule is COC(=O)c1cccc(COC(=O)c2cc(Cl)c(OC)c(OC)c2)c1. The summed E-state index contributed by atoms with van der Waals surface area (Å²) >= 11 is 6.08. The van der Waals surface area contributed by atoms with Crippen molar-refractivity contribution in [2.75, 3.05) is 21.3 Å². The fourth-order valence-electron chi connectivity index (χ4n) is 2.17. The van der Waals surface area contributed by atoms with Gasteiger partial charge in [-0.05, 0) is 29.8 Å². The Hall–Kier alpha value is -2.73. The highest BCUT2D eigenvalue weighted by Gasteiger charge is 2.16. The summed E-state index contributed by atoms with van der Waals surface area (Å²) in [5.74, 6) is -0.368. The first kappa shape index (κ1) is 18.6. The van der Waals surface area contributed by atoms with E-state index in [0.717, 1.165) is 0 Å². The van der Waals surface area contributed by atoms with E-state index in [-0.39, 0.29) is 17.2 Å². The van der Waals surface area contributed by atoms with Gasteiger partial charge in [-0.3, -0.25) is 0 Å². The number of hydrogen-bond acceptors (Lipinski definition) is 6. The van der Waals surface area contributed by atoms with E-state index in [1.807, 2.05) is 0 Å². The second-order valence-electron chi connectivity index (χ2n) is 4.96. The Labute approximate surface area is 150 Å². The molecular formula is C18H17ClO6. The maximum absolute atomic E-state index is 12.2. The monoisotopic (exact) mass is 364 g/mol. The predicted molar refractivity (Wildman–Crippen MR) is 91.5 cm³/mol. The van der Waals surface area contributed by atoms with E-state index in [1.165, 1.54) is 33.5 Å². The lowest BCUT2D eigenvalue weighted by Crippen LogP contribution is -2.07. The zero-order valence-corrected chi connectivity index (χ0v) is 14.8. The molecular weight excluding hydrogens is 348 g/mol. The van der Waals surface area contributed by atoms with Crippen LogP contribution in [0.5, 0.6) is 11.5 Å². The van der Waals surface area contributed by atoms with Crippen LogP contribution in [-0.2, 0) is 16.1 Å². The minimum absolute atomic E-state index is 0.00433. The molecule has 0 fully saturated rings. The summed E-state index contributed by atoms with van der Waals surface area (Å²) in [6.07, 6.45) is 0. The average molecular weight is 365 g/mol. The van der Waals surface area contributed by atoms with Gasteiger partial charge in [0.1, 0.15) is 6.61 Å². The largest absolute Gasteiger partial charge is 0.493 e. The van der Waals surface area contributed by atoms with Crippen molar-refractivity contribution in [3.05, 3.63) is 58.1 Å². The van der Waals surface area contributed by atoms with E-state index < -0.39 is 11.9 Å². The molecule has 132 valence electrons. The Morgan fingerprint density at radius 3 is 2.36 bits per heavy atom. The minimum atomic E-state index is -0.577. The van der Waals surface area contributed by atoms with Gasteiger partial charge in [0.25, 0.3) is 0 Å². The lowest BCUT2D eigenvalue weighted by molar-refractivity contribution is 0.0472. The van der Waals surface area contributed by atoms with Crippen LogP contribution in [0.1, 0.15) is 26.3 Å². The Morgan fingerprint density at radius 2 is 1.72 bits per heavy atom. The van der Waals surface area contributed by atoms with E-state index in [4.69, 9.17) is 25.8 Å². The minimum Gasteiger partial charge on any atom is -0.493 e. The highest BCUT2D eigenvalue weighted by atomic mass is 35.5. The van der Waals surface area contributed by atoms with Gasteiger partial charge in [-0.2, -0.15) is 0 Å². The van der Waals surface area contributed by atoms with Crippen molar-refractivity contribution in [2.24, 2.45) is 0 Å². The normalized spacial score (nSPS) is 10.1. The fourth-order valence-corrected chi connectivity index (χ4v) is 2.46. The van der Waals surface area contributed by atoms with Gasteiger partial charge >= 0.3 is 11.9 Å². The number of rotatable bonds is 6. The first-order chi connectivity index (χ1) is 12.0. The number of esters is 2. The molecule has 0 unspecified atom stereocenters. The molecule has 0 saturated carbocycles. The average Bonchev–Trinajstić information content (AvgIpc) is 2.64. The van der Waals surface area contributed by atoms with Crippen LogP contribution in [0.25, 0.3) is 0 Å². The van der Waals surface area contributed by atoms with E-state index >= 15 is 0 Å². The van der Waals surface area contributed by atoms with Crippen molar-refractivity contribution in [2.45, 2.75) is 6.61 Å². The molecule has 0 saturated heterocycles. The molecule has 7 heteroatoms. The number of benzene rings is 2. The zero-order chi connectivity index (χ0) is 18.4. The van der Waals surface area contributed by atoms with Gasteiger partial charge in [-0.15, -0.1) is 0 Å². The van der Waals surface area contributed by atoms with Crippen LogP contribution in [0.3, 0.4) is 0 Å². The molecule has 25 heavy (non-hydrogen) atoms. The number of halogens is 1. The molecule has 0 atom stereocenters. The quantitative estimate of drug-likeness (QED) is 0.730. The summed E-state index contributed by atoms with van der Waals surface area (Å²) < 4.78 is 20.2. The van der Waals surface area contributed by atoms with Gasteiger partial charge in [0.05, 0.1) is 37.5 Å². The summed E-state index contributed by atoms with van der Waals surface area (Å²) in [6.45, 7) is -0.00433. The number of ether oxygens (including phenoxy) is 4. The molecule has 0 aromatic heterocycles. The Morgan fingerprint density at radius 1 is 0.960 bits per heavy atom. The number of methoxy groups -OCH3 is 3. The molecule has 2 rings (SSSR count). The van der Waals surface area contributed by atoms with Crippen molar-refractivity contribution >= 4 is 23.5 Å². The Kier molecular flexibility index (Phi) is 6.25. The first-order valence-corrected chi connectivity index (χ1v) is 7.63. The lowest BCUT2D eigenvalue weighted by Gasteiger charge is -2.12. The Bertz CT molecular complexity index is 787. The van der Waals surface area contributed by atoms with E-state index in [2.05, 4.69) is 4.74 Å². The van der Waals surface area contributed by atoms with Gasteiger partial charge in [0, 0.05) is 0 Å². The van der Waals surface area contributed by atoms with Crippen molar-refractivity contribution in [1.82, 2.24) is 0 Å². The molecule has 0 aliphatic rings. The Balaban J connectivity index is 2.13. The highest BCUT2D eigenvalue weighted by molar-refractivity contribution is 6.32. The standard InChI is InChI=1S/C18H17ClO6/c1-22-15-9-13(8-14(19)16(15)23-2)18(21)25-10-11-5-4-6-12(7-11)17(20)24-3/h4-9H,10H2,1-3H3. The predicted octanol–water partition coefficient (Wildman–Crippen LogP) is 3.50. The molecule has 0 aliphatic carbocycles. The summed E-state index contributed by atoms with van der Waals surface area (Å²) in [7, 11) is 4.20. The maximum Gasteiger partial charge on any atom is 0.338 e. The summed E-state index contributed by atoms with van der Waals surface area (Å²) in [5.41, 5.74) is 1.26. The number of carbonyl (C=O) groups is 2. The summed E-state index contributed by atoms with van der Waals surface area (Å²) in [5, 5.41) is 0.237. The molecule has 0 N–H and O–H groups in total. The molecule has 2 aromatic rings. The van der Waals surface area contributed by atoms with Gasteiger partial charge in [0.15, 0.2) is 11.5 Å². The van der Waals surface area contributed by atoms with Crippen molar-refractivity contribution in [3.8, 4) is 11.5 Å². The second-order valence-corrected chi connectivity index (χ2v) is 5.37. The molecule has 0 heterocycles. The third kappa shape index (κ3) is 4.42. The summed E-state index contributed by atoms with van der Waals surface area (Å²) in [4.78, 5) is 23.8. The molecule has 6 nitrogen and oxygen atoms in total. The molecule has 0 radical (unpaired) electrons. The van der Waals surface area contributed by atoms with Crippen LogP contribution in [-0.4, -0.2) is 33.3 Å². The lowest BCUT2D eigenvalue weighted by atomic mass is 10.1. The van der Waals surface area contributed by atoms with Gasteiger partial charge in [0.2, 0.25) is 0 Å². The zero-order valence-electron chi connectivity index (χ0n) is 14.0. The number of hydrogen-bond donors (Lipinski definition) is 0. The molecule has 0 spiro atoms. The molecule has 2 aromatic carbocycles. The molecule has 0 amide bonds. The van der Waals surface area contributed by atoms with Gasteiger partial charge < -0.3 is 18.9 Å². The first-order valence-electron chi connectivity index (χ1n) is 7.26. The highest BCUT2D eigenvalue weighted by Crippen LogP contribution is 2.36.